The van der Waals surface area contributed by atoms with Crippen molar-refractivity contribution in [2.24, 2.45) is 5.73 Å². The first-order chi connectivity index (χ1) is 8.36. The van der Waals surface area contributed by atoms with Crippen LogP contribution in [0.3, 0.4) is 0 Å². The summed E-state index contributed by atoms with van der Waals surface area (Å²) in [5.74, 6) is -2.13. The molecule has 1 rings (SSSR count). The van der Waals surface area contributed by atoms with Gasteiger partial charge in [-0.2, -0.15) is 0 Å². The van der Waals surface area contributed by atoms with Crippen molar-refractivity contribution in [1.29, 1.82) is 0 Å². The number of carbonyl (C=O) groups excluding carboxylic acids is 1. The number of amides is 1. The highest BCUT2D eigenvalue weighted by atomic mass is 19.2. The van der Waals surface area contributed by atoms with Crippen molar-refractivity contribution in [3.8, 4) is 0 Å². The van der Waals surface area contributed by atoms with Gasteiger partial charge in [0.05, 0.1) is 5.54 Å². The number of hydrogen-bond acceptors (Lipinski definition) is 2. The molecule has 1 aromatic rings. The molecule has 0 aliphatic heterocycles. The lowest BCUT2D eigenvalue weighted by atomic mass is 9.96. The molecule has 0 aromatic heterocycles. The fourth-order valence-corrected chi connectivity index (χ4v) is 1.67. The molecule has 0 saturated heterocycles. The van der Waals surface area contributed by atoms with Crippen LogP contribution < -0.4 is 11.1 Å². The highest BCUT2D eigenvalue weighted by Crippen LogP contribution is 2.11. The molecule has 1 atom stereocenters. The minimum absolute atomic E-state index is 0.131. The van der Waals surface area contributed by atoms with E-state index in [9.17, 15) is 13.6 Å². The zero-order valence-corrected chi connectivity index (χ0v) is 10.6. The summed E-state index contributed by atoms with van der Waals surface area (Å²) in [7, 11) is 0. The summed E-state index contributed by atoms with van der Waals surface area (Å²) in [6, 6.07) is 3.51. The van der Waals surface area contributed by atoms with Gasteiger partial charge in [0.2, 0.25) is 5.91 Å². The fourth-order valence-electron chi connectivity index (χ4n) is 1.67. The predicted octanol–water partition coefficient (Wildman–Crippen LogP) is 2.10. The van der Waals surface area contributed by atoms with Gasteiger partial charge in [0.25, 0.3) is 0 Å². The quantitative estimate of drug-likeness (QED) is 0.847. The number of hydrogen-bond donors (Lipinski definition) is 2. The van der Waals surface area contributed by atoms with E-state index in [2.05, 4.69) is 5.32 Å². The summed E-state index contributed by atoms with van der Waals surface area (Å²) >= 11 is 0. The van der Waals surface area contributed by atoms with Gasteiger partial charge in [-0.05, 0) is 31.0 Å². The molecule has 3 N–H and O–H groups in total. The monoisotopic (exact) mass is 256 g/mol. The van der Waals surface area contributed by atoms with Gasteiger partial charge in [-0.15, -0.1) is 0 Å². The summed E-state index contributed by atoms with van der Waals surface area (Å²) < 4.78 is 25.7. The van der Waals surface area contributed by atoms with Crippen LogP contribution in [0.4, 0.5) is 8.78 Å². The second-order valence-corrected chi connectivity index (χ2v) is 4.60. The summed E-state index contributed by atoms with van der Waals surface area (Å²) in [5.41, 5.74) is 5.40. The SMILES string of the molecule is CCCC(C)(N)C(=O)NCc1ccc(F)c(F)c1. The van der Waals surface area contributed by atoms with Crippen molar-refractivity contribution in [1.82, 2.24) is 5.32 Å². The number of carbonyl (C=O) groups is 1. The number of halogens is 2. The van der Waals surface area contributed by atoms with E-state index < -0.39 is 17.2 Å². The molecule has 0 bridgehead atoms. The zero-order chi connectivity index (χ0) is 13.8. The maximum atomic E-state index is 12.9. The van der Waals surface area contributed by atoms with Gasteiger partial charge < -0.3 is 11.1 Å². The number of benzene rings is 1. The maximum Gasteiger partial charge on any atom is 0.240 e. The second-order valence-electron chi connectivity index (χ2n) is 4.60. The molecule has 0 saturated carbocycles. The Labute approximate surface area is 105 Å². The molecule has 1 unspecified atom stereocenters. The van der Waals surface area contributed by atoms with Crippen LogP contribution in [0, 0.1) is 11.6 Å². The van der Waals surface area contributed by atoms with Gasteiger partial charge in [-0.1, -0.05) is 19.4 Å². The molecule has 1 amide bonds. The van der Waals surface area contributed by atoms with E-state index in [4.69, 9.17) is 5.73 Å². The smallest absolute Gasteiger partial charge is 0.240 e. The third-order valence-electron chi connectivity index (χ3n) is 2.73. The molecule has 0 radical (unpaired) electrons. The first-order valence-electron chi connectivity index (χ1n) is 5.88. The Morgan fingerprint density at radius 2 is 2.06 bits per heavy atom. The van der Waals surface area contributed by atoms with Crippen LogP contribution >= 0.6 is 0 Å². The van der Waals surface area contributed by atoms with Crippen LogP contribution in [0.15, 0.2) is 18.2 Å². The van der Waals surface area contributed by atoms with Crippen LogP contribution in [-0.2, 0) is 11.3 Å². The lowest BCUT2D eigenvalue weighted by Crippen LogP contribution is -2.51. The van der Waals surface area contributed by atoms with Gasteiger partial charge in [0.1, 0.15) is 0 Å². The highest BCUT2D eigenvalue weighted by molar-refractivity contribution is 5.85. The average Bonchev–Trinajstić information content (AvgIpc) is 2.30. The van der Waals surface area contributed by atoms with Gasteiger partial charge in [0, 0.05) is 6.54 Å². The van der Waals surface area contributed by atoms with E-state index in [1.54, 1.807) is 6.92 Å². The Morgan fingerprint density at radius 1 is 1.39 bits per heavy atom. The van der Waals surface area contributed by atoms with Crippen LogP contribution in [0.5, 0.6) is 0 Å². The maximum absolute atomic E-state index is 12.9. The first kappa shape index (κ1) is 14.6. The second kappa shape index (κ2) is 5.91. The molecular formula is C13H18F2N2O. The molecule has 0 spiro atoms. The molecule has 0 heterocycles. The van der Waals surface area contributed by atoms with E-state index in [0.717, 1.165) is 18.6 Å². The van der Waals surface area contributed by atoms with Crippen LogP contribution in [0.2, 0.25) is 0 Å². The minimum atomic E-state index is -0.937. The van der Waals surface area contributed by atoms with Gasteiger partial charge in [-0.25, -0.2) is 8.78 Å². The van der Waals surface area contributed by atoms with Crippen LogP contribution in [0.25, 0.3) is 0 Å². The topological polar surface area (TPSA) is 55.1 Å². The van der Waals surface area contributed by atoms with E-state index in [1.807, 2.05) is 6.92 Å². The Morgan fingerprint density at radius 3 is 2.61 bits per heavy atom. The van der Waals surface area contributed by atoms with E-state index in [0.29, 0.717) is 12.0 Å². The molecule has 3 nitrogen and oxygen atoms in total. The van der Waals surface area contributed by atoms with Crippen molar-refractivity contribution in [3.05, 3.63) is 35.4 Å². The predicted molar refractivity (Wildman–Crippen MR) is 65.7 cm³/mol. The fraction of sp³-hybridized carbons (Fsp3) is 0.462. The lowest BCUT2D eigenvalue weighted by Gasteiger charge is -2.22. The van der Waals surface area contributed by atoms with Crippen molar-refractivity contribution in [2.45, 2.75) is 38.8 Å². The molecule has 0 aliphatic rings. The lowest BCUT2D eigenvalue weighted by molar-refractivity contribution is -0.126. The molecule has 0 aliphatic carbocycles. The molecule has 100 valence electrons. The molecular weight excluding hydrogens is 238 g/mol. The standard InChI is InChI=1S/C13H18F2N2O/c1-3-6-13(2,16)12(18)17-8-9-4-5-10(14)11(15)7-9/h4-5,7H,3,6,8,16H2,1-2H3,(H,17,18). The van der Waals surface area contributed by atoms with E-state index >= 15 is 0 Å². The van der Waals surface area contributed by atoms with Crippen molar-refractivity contribution >= 4 is 5.91 Å². The zero-order valence-electron chi connectivity index (χ0n) is 10.6. The van der Waals surface area contributed by atoms with Gasteiger partial charge in [0.15, 0.2) is 11.6 Å². The summed E-state index contributed by atoms with van der Waals surface area (Å²) in [6.45, 7) is 3.72. The Balaban J connectivity index is 2.60. The third kappa shape index (κ3) is 3.77. The van der Waals surface area contributed by atoms with Crippen LogP contribution in [-0.4, -0.2) is 11.4 Å². The van der Waals surface area contributed by atoms with Gasteiger partial charge >= 0.3 is 0 Å². The Hall–Kier alpha value is -1.49. The highest BCUT2D eigenvalue weighted by Gasteiger charge is 2.26. The average molecular weight is 256 g/mol. The number of nitrogens with one attached hydrogen (secondary N) is 1. The Kier molecular flexibility index (Phi) is 4.78. The van der Waals surface area contributed by atoms with Crippen molar-refractivity contribution in [3.63, 3.8) is 0 Å². The van der Waals surface area contributed by atoms with Crippen molar-refractivity contribution in [2.75, 3.05) is 0 Å². The summed E-state index contributed by atoms with van der Waals surface area (Å²) in [5, 5.41) is 2.62. The van der Waals surface area contributed by atoms with Gasteiger partial charge in [-0.3, -0.25) is 4.79 Å². The third-order valence-corrected chi connectivity index (χ3v) is 2.73. The Bertz CT molecular complexity index is 433. The molecule has 0 fully saturated rings. The van der Waals surface area contributed by atoms with E-state index in [-0.39, 0.29) is 12.5 Å². The minimum Gasteiger partial charge on any atom is -0.350 e. The summed E-state index contributed by atoms with van der Waals surface area (Å²) in [6.07, 6.45) is 1.36. The first-order valence-corrected chi connectivity index (χ1v) is 5.88. The number of rotatable bonds is 5. The molecule has 18 heavy (non-hydrogen) atoms. The van der Waals surface area contributed by atoms with Crippen molar-refractivity contribution < 1.29 is 13.6 Å². The normalized spacial score (nSPS) is 14.1. The van der Waals surface area contributed by atoms with Crippen LogP contribution in [0.1, 0.15) is 32.3 Å². The number of nitrogens with two attached hydrogens (primary N) is 1. The van der Waals surface area contributed by atoms with E-state index in [1.165, 1.54) is 6.07 Å². The summed E-state index contributed by atoms with van der Waals surface area (Å²) in [4.78, 5) is 11.8. The molecule has 1 aromatic carbocycles. The largest absolute Gasteiger partial charge is 0.350 e. The molecule has 5 heteroatoms.